The lowest BCUT2D eigenvalue weighted by molar-refractivity contribution is 0.768. The lowest BCUT2D eigenvalue weighted by atomic mass is 9.67. The molecule has 65 heavy (non-hydrogen) atoms. The zero-order valence-electron chi connectivity index (χ0n) is 36.6. The molecule has 0 aromatic heterocycles. The minimum Gasteiger partial charge on any atom is -0.310 e. The standard InChI is InChI=1S/C64H49N/c1-2-20-46-33-35-49(36-34-46)53-41-52(48-23-10-4-11-24-48)42-57(43-53)65(63-40-37-51(47-21-8-3-9-22-47)44-60(63)50-25-12-5-13-26-50)56-38-39-59-58-31-18-19-32-61(58)64(62(59)45-56,54-27-14-6-15-28-54)55-29-16-7-17-30-55/h3-19,21-45H,2,20H2,1H3. The van der Waals surface area contributed by atoms with Gasteiger partial charge in [-0.05, 0) is 127 Å². The molecule has 0 fully saturated rings. The van der Waals surface area contributed by atoms with Crippen molar-refractivity contribution >= 4 is 17.1 Å². The molecular formula is C64H49N. The van der Waals surface area contributed by atoms with Crippen LogP contribution in [0.5, 0.6) is 0 Å². The van der Waals surface area contributed by atoms with E-state index in [1.54, 1.807) is 0 Å². The second-order valence-corrected chi connectivity index (χ2v) is 17.1. The number of nitrogens with zero attached hydrogens (tertiary/aromatic N) is 1. The Morgan fingerprint density at radius 3 is 1.42 bits per heavy atom. The molecule has 11 rings (SSSR count). The van der Waals surface area contributed by atoms with E-state index in [0.29, 0.717) is 0 Å². The summed E-state index contributed by atoms with van der Waals surface area (Å²) in [6.07, 6.45) is 2.19. The predicted molar refractivity (Wildman–Crippen MR) is 274 cm³/mol. The first-order chi connectivity index (χ1) is 32.2. The van der Waals surface area contributed by atoms with Gasteiger partial charge >= 0.3 is 0 Å². The van der Waals surface area contributed by atoms with Gasteiger partial charge in [-0.1, -0.05) is 226 Å². The molecule has 1 aliphatic carbocycles. The molecule has 10 aromatic carbocycles. The maximum atomic E-state index is 2.52. The molecule has 310 valence electrons. The topological polar surface area (TPSA) is 3.24 Å². The lowest BCUT2D eigenvalue weighted by Gasteiger charge is -2.35. The Kier molecular flexibility index (Phi) is 10.6. The first-order valence-corrected chi connectivity index (χ1v) is 22.9. The summed E-state index contributed by atoms with van der Waals surface area (Å²) >= 11 is 0. The van der Waals surface area contributed by atoms with E-state index in [0.717, 1.165) is 41.0 Å². The molecule has 0 N–H and O–H groups in total. The molecule has 0 aliphatic heterocycles. The summed E-state index contributed by atoms with van der Waals surface area (Å²) < 4.78 is 0. The SMILES string of the molecule is CCCc1ccc(-c2cc(-c3ccccc3)cc(N(c3ccc4c(c3)C(c3ccccc3)(c3ccccc3)c3ccccc3-4)c3ccc(-c4ccccc4)cc3-c3ccccc3)c2)cc1. The summed E-state index contributed by atoms with van der Waals surface area (Å²) in [7, 11) is 0. The zero-order chi connectivity index (χ0) is 43.6. The maximum Gasteiger partial charge on any atom is 0.0714 e. The molecule has 1 nitrogen and oxygen atoms in total. The summed E-state index contributed by atoms with van der Waals surface area (Å²) in [4.78, 5) is 2.52. The lowest BCUT2D eigenvalue weighted by Crippen LogP contribution is -2.28. The Labute approximate surface area is 383 Å². The van der Waals surface area contributed by atoms with Crippen LogP contribution in [0.2, 0.25) is 0 Å². The van der Waals surface area contributed by atoms with Crippen molar-refractivity contribution in [2.75, 3.05) is 4.90 Å². The summed E-state index contributed by atoms with van der Waals surface area (Å²) in [6.45, 7) is 2.25. The number of aryl methyl sites for hydroxylation is 1. The molecule has 1 aliphatic rings. The van der Waals surface area contributed by atoms with Crippen LogP contribution in [0, 0.1) is 0 Å². The van der Waals surface area contributed by atoms with Crippen molar-refractivity contribution in [1.29, 1.82) is 0 Å². The van der Waals surface area contributed by atoms with Gasteiger partial charge in [0.1, 0.15) is 0 Å². The molecule has 0 spiro atoms. The molecule has 0 atom stereocenters. The molecule has 0 heterocycles. The van der Waals surface area contributed by atoms with Crippen molar-refractivity contribution in [2.45, 2.75) is 25.2 Å². The van der Waals surface area contributed by atoms with Crippen molar-refractivity contribution in [1.82, 2.24) is 0 Å². The predicted octanol–water partition coefficient (Wildman–Crippen LogP) is 17.1. The fourth-order valence-electron chi connectivity index (χ4n) is 10.2. The molecule has 0 bridgehead atoms. The Morgan fingerprint density at radius 1 is 0.323 bits per heavy atom. The van der Waals surface area contributed by atoms with Gasteiger partial charge in [0.15, 0.2) is 0 Å². The highest BCUT2D eigenvalue weighted by atomic mass is 15.1. The van der Waals surface area contributed by atoms with E-state index in [1.807, 2.05) is 0 Å². The van der Waals surface area contributed by atoms with Crippen LogP contribution >= 0.6 is 0 Å². The smallest absolute Gasteiger partial charge is 0.0714 e. The van der Waals surface area contributed by atoms with Gasteiger partial charge in [0, 0.05) is 16.9 Å². The van der Waals surface area contributed by atoms with Crippen molar-refractivity contribution in [2.24, 2.45) is 0 Å². The van der Waals surface area contributed by atoms with Crippen LogP contribution in [0.25, 0.3) is 55.6 Å². The fourth-order valence-corrected chi connectivity index (χ4v) is 10.2. The van der Waals surface area contributed by atoms with Gasteiger partial charge in [0.2, 0.25) is 0 Å². The van der Waals surface area contributed by atoms with E-state index in [9.17, 15) is 0 Å². The van der Waals surface area contributed by atoms with Crippen LogP contribution in [0.1, 0.15) is 41.2 Å². The number of hydrogen-bond donors (Lipinski definition) is 0. The molecular weight excluding hydrogens is 783 g/mol. The van der Waals surface area contributed by atoms with E-state index in [2.05, 4.69) is 267 Å². The number of rotatable bonds is 11. The van der Waals surface area contributed by atoms with Gasteiger partial charge in [-0.15, -0.1) is 0 Å². The maximum absolute atomic E-state index is 2.52. The second-order valence-electron chi connectivity index (χ2n) is 17.1. The monoisotopic (exact) mass is 831 g/mol. The molecule has 0 unspecified atom stereocenters. The average molecular weight is 832 g/mol. The third-order valence-electron chi connectivity index (χ3n) is 13.2. The van der Waals surface area contributed by atoms with E-state index in [1.165, 1.54) is 72.3 Å². The average Bonchev–Trinajstić information content (AvgIpc) is 3.68. The first-order valence-electron chi connectivity index (χ1n) is 22.9. The number of fused-ring (bicyclic) bond motifs is 3. The van der Waals surface area contributed by atoms with Gasteiger partial charge in [0.25, 0.3) is 0 Å². The van der Waals surface area contributed by atoms with Crippen LogP contribution in [0.4, 0.5) is 17.1 Å². The quantitative estimate of drug-likeness (QED) is 0.125. The van der Waals surface area contributed by atoms with Gasteiger partial charge < -0.3 is 4.90 Å². The summed E-state index contributed by atoms with van der Waals surface area (Å²) in [5.74, 6) is 0. The van der Waals surface area contributed by atoms with Crippen LogP contribution in [-0.2, 0) is 11.8 Å². The Morgan fingerprint density at radius 2 is 0.815 bits per heavy atom. The van der Waals surface area contributed by atoms with Crippen LogP contribution in [-0.4, -0.2) is 0 Å². The normalized spacial score (nSPS) is 12.3. The molecule has 0 saturated heterocycles. The van der Waals surface area contributed by atoms with Crippen LogP contribution in [0.15, 0.2) is 255 Å². The van der Waals surface area contributed by atoms with E-state index in [-0.39, 0.29) is 0 Å². The van der Waals surface area contributed by atoms with Gasteiger partial charge in [0.05, 0.1) is 11.1 Å². The van der Waals surface area contributed by atoms with Crippen LogP contribution < -0.4 is 4.90 Å². The highest BCUT2D eigenvalue weighted by molar-refractivity contribution is 5.95. The highest BCUT2D eigenvalue weighted by Crippen LogP contribution is 2.57. The van der Waals surface area contributed by atoms with Gasteiger partial charge in [-0.2, -0.15) is 0 Å². The van der Waals surface area contributed by atoms with Gasteiger partial charge in [-0.3, -0.25) is 0 Å². The van der Waals surface area contributed by atoms with Gasteiger partial charge in [-0.25, -0.2) is 0 Å². The molecule has 10 aromatic rings. The number of hydrogen-bond acceptors (Lipinski definition) is 1. The third-order valence-corrected chi connectivity index (χ3v) is 13.2. The van der Waals surface area contributed by atoms with Crippen molar-refractivity contribution in [3.8, 4) is 55.6 Å². The Hall–Kier alpha value is -8.00. The zero-order valence-corrected chi connectivity index (χ0v) is 36.6. The Bertz CT molecular complexity index is 3190. The Balaban J connectivity index is 1.22. The van der Waals surface area contributed by atoms with Crippen LogP contribution in [0.3, 0.4) is 0 Å². The van der Waals surface area contributed by atoms with Crippen molar-refractivity contribution in [3.63, 3.8) is 0 Å². The first kappa shape index (κ1) is 39.8. The third kappa shape index (κ3) is 7.26. The van der Waals surface area contributed by atoms with E-state index in [4.69, 9.17) is 0 Å². The number of anilines is 3. The van der Waals surface area contributed by atoms with E-state index >= 15 is 0 Å². The molecule has 0 amide bonds. The molecule has 0 saturated carbocycles. The summed E-state index contributed by atoms with van der Waals surface area (Å²) in [5.41, 5.74) is 21.1. The molecule has 1 heteroatoms. The van der Waals surface area contributed by atoms with Crippen molar-refractivity contribution < 1.29 is 0 Å². The highest BCUT2D eigenvalue weighted by Gasteiger charge is 2.46. The number of benzene rings is 10. The fraction of sp³-hybridized carbons (Fsp3) is 0.0625. The minimum absolute atomic E-state index is 0.549. The van der Waals surface area contributed by atoms with Crippen molar-refractivity contribution in [3.05, 3.63) is 283 Å². The van der Waals surface area contributed by atoms with E-state index < -0.39 is 5.41 Å². The summed E-state index contributed by atoms with van der Waals surface area (Å²) in [5, 5.41) is 0. The summed E-state index contributed by atoms with van der Waals surface area (Å²) in [6, 6.07) is 94.2. The largest absolute Gasteiger partial charge is 0.310 e. The molecule has 0 radical (unpaired) electrons. The second kappa shape index (κ2) is 17.3. The minimum atomic E-state index is -0.549.